The second kappa shape index (κ2) is 5.74. The van der Waals surface area contributed by atoms with Crippen molar-refractivity contribution in [2.75, 3.05) is 5.32 Å². The van der Waals surface area contributed by atoms with Crippen LogP contribution in [0.2, 0.25) is 0 Å². The molecule has 0 bridgehead atoms. The van der Waals surface area contributed by atoms with Crippen LogP contribution < -0.4 is 5.32 Å². The summed E-state index contributed by atoms with van der Waals surface area (Å²) in [5.41, 5.74) is 4.28. The van der Waals surface area contributed by atoms with Crippen molar-refractivity contribution in [2.45, 2.75) is 13.8 Å². The Balaban J connectivity index is 1.93. The van der Waals surface area contributed by atoms with Crippen LogP contribution in [0.1, 0.15) is 16.8 Å². The number of anilines is 2. The highest BCUT2D eigenvalue weighted by molar-refractivity contribution is 5.64. The molecule has 0 saturated carbocycles. The van der Waals surface area contributed by atoms with E-state index in [-0.39, 0.29) is 5.69 Å². The SMILES string of the molecule is Cc1ccc(Nc2oc(-c3ccc(C)cc3)nc2C#N)cc1. The molecule has 4 nitrogen and oxygen atoms in total. The molecule has 0 aliphatic rings. The molecule has 3 aromatic rings. The molecule has 0 amide bonds. The molecule has 2 aromatic carbocycles. The van der Waals surface area contributed by atoms with E-state index < -0.39 is 0 Å². The van der Waals surface area contributed by atoms with E-state index in [0.29, 0.717) is 11.8 Å². The molecule has 22 heavy (non-hydrogen) atoms. The summed E-state index contributed by atoms with van der Waals surface area (Å²) >= 11 is 0. The molecule has 0 atom stereocenters. The van der Waals surface area contributed by atoms with Gasteiger partial charge in [0.25, 0.3) is 0 Å². The molecule has 0 spiro atoms. The molecule has 1 aromatic heterocycles. The van der Waals surface area contributed by atoms with Crippen molar-refractivity contribution in [3.63, 3.8) is 0 Å². The normalized spacial score (nSPS) is 10.2. The maximum atomic E-state index is 9.23. The fourth-order valence-electron chi connectivity index (χ4n) is 2.07. The second-order valence-corrected chi connectivity index (χ2v) is 5.17. The Morgan fingerprint density at radius 1 is 0.955 bits per heavy atom. The first-order valence-corrected chi connectivity index (χ1v) is 6.97. The van der Waals surface area contributed by atoms with Crippen molar-refractivity contribution < 1.29 is 4.42 Å². The van der Waals surface area contributed by atoms with Crippen LogP contribution in [0.5, 0.6) is 0 Å². The van der Waals surface area contributed by atoms with Crippen LogP contribution in [0.3, 0.4) is 0 Å². The van der Waals surface area contributed by atoms with Gasteiger partial charge in [0.05, 0.1) is 0 Å². The average Bonchev–Trinajstić information content (AvgIpc) is 2.93. The number of rotatable bonds is 3. The molecule has 4 heteroatoms. The second-order valence-electron chi connectivity index (χ2n) is 5.17. The minimum Gasteiger partial charge on any atom is -0.419 e. The summed E-state index contributed by atoms with van der Waals surface area (Å²) in [5, 5.41) is 12.3. The van der Waals surface area contributed by atoms with Gasteiger partial charge in [-0.1, -0.05) is 35.4 Å². The maximum absolute atomic E-state index is 9.23. The first-order valence-electron chi connectivity index (χ1n) is 6.97. The lowest BCUT2D eigenvalue weighted by atomic mass is 10.1. The Morgan fingerprint density at radius 2 is 1.55 bits per heavy atom. The van der Waals surface area contributed by atoms with Gasteiger partial charge in [-0.15, -0.1) is 0 Å². The summed E-state index contributed by atoms with van der Waals surface area (Å²) in [7, 11) is 0. The van der Waals surface area contributed by atoms with E-state index in [1.165, 1.54) is 5.56 Å². The van der Waals surface area contributed by atoms with Gasteiger partial charge in [-0.3, -0.25) is 0 Å². The van der Waals surface area contributed by atoms with Crippen LogP contribution in [-0.2, 0) is 0 Å². The molecule has 108 valence electrons. The number of aromatic nitrogens is 1. The third kappa shape index (κ3) is 2.84. The quantitative estimate of drug-likeness (QED) is 0.767. The molecule has 0 unspecified atom stereocenters. The van der Waals surface area contributed by atoms with Gasteiger partial charge in [0.2, 0.25) is 17.5 Å². The van der Waals surface area contributed by atoms with Crippen molar-refractivity contribution in [1.29, 1.82) is 5.26 Å². The minimum absolute atomic E-state index is 0.246. The fraction of sp³-hybridized carbons (Fsp3) is 0.111. The van der Waals surface area contributed by atoms with Crippen molar-refractivity contribution in [3.05, 3.63) is 65.4 Å². The molecule has 1 heterocycles. The molecule has 3 rings (SSSR count). The van der Waals surface area contributed by atoms with Crippen LogP contribution in [0.15, 0.2) is 52.9 Å². The molecule has 0 fully saturated rings. The topological polar surface area (TPSA) is 61.9 Å². The summed E-state index contributed by atoms with van der Waals surface area (Å²) in [4.78, 5) is 4.25. The predicted molar refractivity (Wildman–Crippen MR) is 85.9 cm³/mol. The Morgan fingerprint density at radius 3 is 2.14 bits per heavy atom. The van der Waals surface area contributed by atoms with Gasteiger partial charge in [0, 0.05) is 11.3 Å². The zero-order chi connectivity index (χ0) is 15.5. The van der Waals surface area contributed by atoms with E-state index in [0.717, 1.165) is 16.8 Å². The highest BCUT2D eigenvalue weighted by Crippen LogP contribution is 2.28. The van der Waals surface area contributed by atoms with Crippen molar-refractivity contribution >= 4 is 11.6 Å². The smallest absolute Gasteiger partial charge is 0.236 e. The van der Waals surface area contributed by atoms with Crippen molar-refractivity contribution in [2.24, 2.45) is 0 Å². The third-order valence-corrected chi connectivity index (χ3v) is 3.34. The zero-order valence-electron chi connectivity index (χ0n) is 12.4. The lowest BCUT2D eigenvalue weighted by molar-refractivity contribution is 0.591. The number of oxazole rings is 1. The molecule has 0 aliphatic carbocycles. The Kier molecular flexibility index (Phi) is 3.63. The van der Waals surface area contributed by atoms with Crippen LogP contribution in [0.4, 0.5) is 11.6 Å². The predicted octanol–water partition coefficient (Wildman–Crippen LogP) is 4.57. The van der Waals surface area contributed by atoms with Gasteiger partial charge in [-0.05, 0) is 38.1 Å². The van der Waals surface area contributed by atoms with E-state index in [9.17, 15) is 5.26 Å². The Bertz CT molecular complexity index is 824. The highest BCUT2D eigenvalue weighted by atomic mass is 16.4. The van der Waals surface area contributed by atoms with Gasteiger partial charge in [-0.2, -0.15) is 10.2 Å². The van der Waals surface area contributed by atoms with Gasteiger partial charge < -0.3 is 9.73 Å². The van der Waals surface area contributed by atoms with Gasteiger partial charge >= 0.3 is 0 Å². The summed E-state index contributed by atoms with van der Waals surface area (Å²) in [5.74, 6) is 0.799. The fourth-order valence-corrected chi connectivity index (χ4v) is 2.07. The van der Waals surface area contributed by atoms with Gasteiger partial charge in [0.15, 0.2) is 0 Å². The van der Waals surface area contributed by atoms with E-state index in [1.54, 1.807) is 0 Å². The van der Waals surface area contributed by atoms with E-state index in [2.05, 4.69) is 16.4 Å². The standard InChI is InChI=1S/C18H15N3O/c1-12-3-7-14(8-4-12)17-21-16(11-19)18(22-17)20-15-9-5-13(2)6-10-15/h3-10,20H,1-2H3. The Hall–Kier alpha value is -3.06. The highest BCUT2D eigenvalue weighted by Gasteiger charge is 2.14. The van der Waals surface area contributed by atoms with Crippen LogP contribution >= 0.6 is 0 Å². The van der Waals surface area contributed by atoms with Crippen LogP contribution in [-0.4, -0.2) is 4.98 Å². The van der Waals surface area contributed by atoms with E-state index in [4.69, 9.17) is 4.42 Å². The van der Waals surface area contributed by atoms with Gasteiger partial charge in [0.1, 0.15) is 6.07 Å². The average molecular weight is 289 g/mol. The van der Waals surface area contributed by atoms with Crippen molar-refractivity contribution in [3.8, 4) is 17.5 Å². The maximum Gasteiger partial charge on any atom is 0.236 e. The van der Waals surface area contributed by atoms with Gasteiger partial charge in [-0.25, -0.2) is 0 Å². The lowest BCUT2D eigenvalue weighted by Crippen LogP contribution is -1.90. The van der Waals surface area contributed by atoms with Crippen LogP contribution in [0.25, 0.3) is 11.5 Å². The zero-order valence-corrected chi connectivity index (χ0v) is 12.4. The van der Waals surface area contributed by atoms with Crippen LogP contribution in [0, 0.1) is 25.2 Å². The first-order chi connectivity index (χ1) is 10.7. The first kappa shape index (κ1) is 13.9. The van der Waals surface area contributed by atoms with Crippen molar-refractivity contribution in [1.82, 2.24) is 4.98 Å². The summed E-state index contributed by atoms with van der Waals surface area (Å²) in [6, 6.07) is 17.7. The van der Waals surface area contributed by atoms with E-state index >= 15 is 0 Å². The third-order valence-electron chi connectivity index (χ3n) is 3.34. The van der Waals surface area contributed by atoms with E-state index in [1.807, 2.05) is 62.4 Å². The summed E-state index contributed by atoms with van der Waals surface area (Å²) in [6.07, 6.45) is 0. The monoisotopic (exact) mass is 289 g/mol. The number of hydrogen-bond acceptors (Lipinski definition) is 4. The minimum atomic E-state index is 0.246. The number of hydrogen-bond donors (Lipinski definition) is 1. The molecule has 0 radical (unpaired) electrons. The lowest BCUT2D eigenvalue weighted by Gasteiger charge is -2.03. The molecular formula is C18H15N3O. The number of nitrogens with one attached hydrogen (secondary N) is 1. The summed E-state index contributed by atoms with van der Waals surface area (Å²) in [6.45, 7) is 4.04. The molecule has 0 saturated heterocycles. The molecule has 1 N–H and O–H groups in total. The summed E-state index contributed by atoms with van der Waals surface area (Å²) < 4.78 is 5.72. The molecule has 0 aliphatic heterocycles. The number of nitriles is 1. The Labute approximate surface area is 129 Å². The largest absolute Gasteiger partial charge is 0.419 e. The number of nitrogens with zero attached hydrogens (tertiary/aromatic N) is 2. The number of benzene rings is 2. The molecular weight excluding hydrogens is 274 g/mol. The number of aryl methyl sites for hydroxylation is 2.